The van der Waals surface area contributed by atoms with Crippen LogP contribution in [-0.2, 0) is 9.53 Å². The molecule has 1 fully saturated rings. The molecule has 80 valence electrons. The molecule has 1 N–H and O–H groups in total. The SMILES string of the molecule is C1COC1.O=C(O)C=Cc1ccccc1. The Bertz CT molecular complexity index is 309. The summed E-state index contributed by atoms with van der Waals surface area (Å²) in [7, 11) is 0. The van der Waals surface area contributed by atoms with Gasteiger partial charge in [0, 0.05) is 19.3 Å². The first-order valence-electron chi connectivity index (χ1n) is 4.83. The Kier molecular flexibility index (Phi) is 5.19. The monoisotopic (exact) mass is 206 g/mol. The minimum atomic E-state index is -0.922. The molecule has 15 heavy (non-hydrogen) atoms. The molecule has 1 aliphatic rings. The predicted molar refractivity (Wildman–Crippen MR) is 58.5 cm³/mol. The molecule has 0 bridgehead atoms. The summed E-state index contributed by atoms with van der Waals surface area (Å²) in [6.07, 6.45) is 3.96. The van der Waals surface area contributed by atoms with Crippen molar-refractivity contribution in [2.24, 2.45) is 0 Å². The van der Waals surface area contributed by atoms with Crippen LogP contribution in [0.4, 0.5) is 0 Å². The molecule has 0 aromatic heterocycles. The van der Waals surface area contributed by atoms with Crippen LogP contribution in [0.25, 0.3) is 6.08 Å². The van der Waals surface area contributed by atoms with Crippen molar-refractivity contribution in [1.82, 2.24) is 0 Å². The zero-order valence-electron chi connectivity index (χ0n) is 8.43. The van der Waals surface area contributed by atoms with Crippen LogP contribution in [0.3, 0.4) is 0 Å². The highest BCUT2D eigenvalue weighted by Gasteiger charge is 1.94. The number of carboxylic acids is 1. The molecule has 0 atom stereocenters. The lowest BCUT2D eigenvalue weighted by molar-refractivity contribution is -0.131. The predicted octanol–water partition coefficient (Wildman–Crippen LogP) is 2.19. The van der Waals surface area contributed by atoms with Crippen molar-refractivity contribution in [3.8, 4) is 0 Å². The third-order valence-electron chi connectivity index (χ3n) is 1.80. The second-order valence-electron chi connectivity index (χ2n) is 3.05. The first kappa shape index (κ1) is 11.5. The fourth-order valence-electron chi connectivity index (χ4n) is 0.876. The van der Waals surface area contributed by atoms with Crippen molar-refractivity contribution >= 4 is 12.0 Å². The Morgan fingerprint density at radius 2 is 1.80 bits per heavy atom. The van der Waals surface area contributed by atoms with Crippen LogP contribution in [0.1, 0.15) is 12.0 Å². The lowest BCUT2D eigenvalue weighted by atomic mass is 10.2. The zero-order chi connectivity index (χ0) is 10.9. The lowest BCUT2D eigenvalue weighted by Crippen LogP contribution is -2.09. The van der Waals surface area contributed by atoms with Gasteiger partial charge in [0.2, 0.25) is 0 Å². The summed E-state index contributed by atoms with van der Waals surface area (Å²) in [6.45, 7) is 2.00. The van der Waals surface area contributed by atoms with Crippen LogP contribution in [0, 0.1) is 0 Å². The van der Waals surface area contributed by atoms with E-state index < -0.39 is 5.97 Å². The highest BCUT2D eigenvalue weighted by atomic mass is 16.5. The fraction of sp³-hybridized carbons (Fsp3) is 0.250. The molecular weight excluding hydrogens is 192 g/mol. The number of benzene rings is 1. The molecule has 3 heteroatoms. The van der Waals surface area contributed by atoms with E-state index in [0.717, 1.165) is 24.9 Å². The first-order chi connectivity index (χ1) is 7.29. The second kappa shape index (κ2) is 6.79. The van der Waals surface area contributed by atoms with Gasteiger partial charge in [-0.2, -0.15) is 0 Å². The molecule has 0 spiro atoms. The topological polar surface area (TPSA) is 46.5 Å². The minimum Gasteiger partial charge on any atom is -0.478 e. The number of rotatable bonds is 2. The molecule has 1 aromatic carbocycles. The Labute approximate surface area is 89.0 Å². The number of hydrogen-bond donors (Lipinski definition) is 1. The van der Waals surface area contributed by atoms with Gasteiger partial charge in [0.15, 0.2) is 0 Å². The van der Waals surface area contributed by atoms with Crippen LogP contribution in [-0.4, -0.2) is 24.3 Å². The van der Waals surface area contributed by atoms with Gasteiger partial charge in [0.1, 0.15) is 0 Å². The van der Waals surface area contributed by atoms with E-state index in [4.69, 9.17) is 9.84 Å². The summed E-state index contributed by atoms with van der Waals surface area (Å²) >= 11 is 0. The Morgan fingerprint density at radius 1 is 1.27 bits per heavy atom. The summed E-state index contributed by atoms with van der Waals surface area (Å²) in [6, 6.07) is 9.31. The lowest BCUT2D eigenvalue weighted by Gasteiger charge is -2.09. The number of carboxylic acid groups (broad SMARTS) is 1. The first-order valence-corrected chi connectivity index (χ1v) is 4.83. The van der Waals surface area contributed by atoms with Gasteiger partial charge in [-0.3, -0.25) is 0 Å². The van der Waals surface area contributed by atoms with Gasteiger partial charge >= 0.3 is 5.97 Å². The molecule has 0 saturated carbocycles. The van der Waals surface area contributed by atoms with Crippen molar-refractivity contribution in [3.05, 3.63) is 42.0 Å². The van der Waals surface area contributed by atoms with E-state index in [1.165, 1.54) is 6.42 Å². The van der Waals surface area contributed by atoms with Crippen molar-refractivity contribution in [1.29, 1.82) is 0 Å². The average Bonchev–Trinajstić information content (AvgIpc) is 2.14. The van der Waals surface area contributed by atoms with E-state index in [9.17, 15) is 4.79 Å². The molecule has 0 amide bonds. The molecule has 3 nitrogen and oxygen atoms in total. The summed E-state index contributed by atoms with van der Waals surface area (Å²) in [5.41, 5.74) is 0.898. The maximum absolute atomic E-state index is 10.1. The Morgan fingerprint density at radius 3 is 2.20 bits per heavy atom. The maximum atomic E-state index is 10.1. The Hall–Kier alpha value is -1.61. The molecule has 1 saturated heterocycles. The highest BCUT2D eigenvalue weighted by molar-refractivity contribution is 5.85. The van der Waals surface area contributed by atoms with Crippen molar-refractivity contribution in [2.45, 2.75) is 6.42 Å². The van der Waals surface area contributed by atoms with Crippen LogP contribution >= 0.6 is 0 Å². The number of aliphatic carboxylic acids is 1. The van der Waals surface area contributed by atoms with Gasteiger partial charge in [0.05, 0.1) is 0 Å². The van der Waals surface area contributed by atoms with E-state index >= 15 is 0 Å². The summed E-state index contributed by atoms with van der Waals surface area (Å²) in [4.78, 5) is 10.1. The Balaban J connectivity index is 0.000000234. The van der Waals surface area contributed by atoms with Gasteiger partial charge in [-0.05, 0) is 18.1 Å². The van der Waals surface area contributed by atoms with E-state index in [1.807, 2.05) is 30.3 Å². The summed E-state index contributed by atoms with van der Waals surface area (Å²) < 4.78 is 4.72. The molecule has 1 heterocycles. The van der Waals surface area contributed by atoms with Crippen molar-refractivity contribution in [3.63, 3.8) is 0 Å². The van der Waals surface area contributed by atoms with E-state index in [2.05, 4.69) is 0 Å². The van der Waals surface area contributed by atoms with Crippen molar-refractivity contribution < 1.29 is 14.6 Å². The van der Waals surface area contributed by atoms with Crippen LogP contribution in [0.2, 0.25) is 0 Å². The number of hydrogen-bond acceptors (Lipinski definition) is 2. The van der Waals surface area contributed by atoms with E-state index in [0.29, 0.717) is 0 Å². The average molecular weight is 206 g/mol. The summed E-state index contributed by atoms with van der Waals surface area (Å²) in [5.74, 6) is -0.922. The van der Waals surface area contributed by atoms with E-state index in [-0.39, 0.29) is 0 Å². The van der Waals surface area contributed by atoms with Gasteiger partial charge < -0.3 is 9.84 Å². The van der Waals surface area contributed by atoms with Crippen LogP contribution in [0.5, 0.6) is 0 Å². The number of ether oxygens (including phenoxy) is 1. The quantitative estimate of drug-likeness (QED) is 0.754. The van der Waals surface area contributed by atoms with Crippen molar-refractivity contribution in [2.75, 3.05) is 13.2 Å². The standard InChI is InChI=1S/C9H8O2.C3H6O/c10-9(11)7-6-8-4-2-1-3-5-8;1-2-4-3-1/h1-7H,(H,10,11);1-3H2. The minimum absolute atomic E-state index is 0.898. The smallest absolute Gasteiger partial charge is 0.328 e. The van der Waals surface area contributed by atoms with Crippen LogP contribution in [0.15, 0.2) is 36.4 Å². The maximum Gasteiger partial charge on any atom is 0.328 e. The molecule has 2 rings (SSSR count). The zero-order valence-corrected chi connectivity index (χ0v) is 8.43. The van der Waals surface area contributed by atoms with Gasteiger partial charge in [0.25, 0.3) is 0 Å². The van der Waals surface area contributed by atoms with Gasteiger partial charge in [-0.1, -0.05) is 30.3 Å². The third kappa shape index (κ3) is 5.65. The molecule has 0 radical (unpaired) electrons. The third-order valence-corrected chi connectivity index (χ3v) is 1.80. The van der Waals surface area contributed by atoms with Crippen LogP contribution < -0.4 is 0 Å². The highest BCUT2D eigenvalue weighted by Crippen LogP contribution is 1.99. The molecular formula is C12H14O3. The van der Waals surface area contributed by atoms with Gasteiger partial charge in [-0.15, -0.1) is 0 Å². The second-order valence-corrected chi connectivity index (χ2v) is 3.05. The normalized spacial score (nSPS) is 13.9. The molecule has 1 aromatic rings. The molecule has 0 unspecified atom stereocenters. The van der Waals surface area contributed by atoms with E-state index in [1.54, 1.807) is 6.08 Å². The number of carbonyl (C=O) groups is 1. The molecule has 0 aliphatic carbocycles. The van der Waals surface area contributed by atoms with Gasteiger partial charge in [-0.25, -0.2) is 4.79 Å². The summed E-state index contributed by atoms with van der Waals surface area (Å²) in [5, 5.41) is 8.29. The fourth-order valence-corrected chi connectivity index (χ4v) is 0.876. The largest absolute Gasteiger partial charge is 0.478 e. The molecule has 1 aliphatic heterocycles.